The van der Waals surface area contributed by atoms with Crippen LogP contribution in [0.5, 0.6) is 0 Å². The minimum atomic E-state index is -1.03. The van der Waals surface area contributed by atoms with Gasteiger partial charge in [-0.05, 0) is 12.5 Å². The van der Waals surface area contributed by atoms with Crippen LogP contribution in [-0.4, -0.2) is 15.6 Å². The summed E-state index contributed by atoms with van der Waals surface area (Å²) in [5, 5.41) is 8.69. The second-order valence-electron chi connectivity index (χ2n) is 2.83. The lowest BCUT2D eigenvalue weighted by Crippen LogP contribution is -2.19. The van der Waals surface area contributed by atoms with E-state index in [4.69, 9.17) is 5.11 Å². The van der Waals surface area contributed by atoms with Crippen molar-refractivity contribution in [3.05, 3.63) is 46.9 Å². The van der Waals surface area contributed by atoms with Crippen LogP contribution in [-0.2, 0) is 6.54 Å². The fourth-order valence-corrected chi connectivity index (χ4v) is 1.06. The summed E-state index contributed by atoms with van der Waals surface area (Å²) >= 11 is 0. The predicted molar refractivity (Wildman–Crippen MR) is 52.5 cm³/mol. The van der Waals surface area contributed by atoms with Crippen molar-refractivity contribution in [3.8, 4) is 0 Å². The van der Waals surface area contributed by atoms with E-state index in [0.29, 0.717) is 13.0 Å². The smallest absolute Gasteiger partial charge is 0.337 e. The van der Waals surface area contributed by atoms with Crippen LogP contribution in [0.15, 0.2) is 35.8 Å². The Morgan fingerprint density at radius 2 is 2.29 bits per heavy atom. The molecule has 0 atom stereocenters. The zero-order valence-corrected chi connectivity index (χ0v) is 7.64. The molecule has 0 fully saturated rings. The Labute approximate surface area is 81.1 Å². The molecule has 0 amide bonds. The number of aryl methyl sites for hydroxylation is 1. The number of carboxylic acids is 1. The molecule has 14 heavy (non-hydrogen) atoms. The molecular formula is C10H11NO3. The largest absolute Gasteiger partial charge is 0.478 e. The second kappa shape index (κ2) is 4.41. The third kappa shape index (κ3) is 2.32. The zero-order valence-electron chi connectivity index (χ0n) is 7.64. The minimum Gasteiger partial charge on any atom is -0.478 e. The third-order valence-corrected chi connectivity index (χ3v) is 1.80. The maximum absolute atomic E-state index is 11.2. The summed E-state index contributed by atoms with van der Waals surface area (Å²) in [6, 6.07) is 2.56. The number of carboxylic acid groups (broad SMARTS) is 1. The molecule has 0 aliphatic rings. The summed E-state index contributed by atoms with van der Waals surface area (Å²) in [7, 11) is 0. The monoisotopic (exact) mass is 193 g/mol. The van der Waals surface area contributed by atoms with E-state index in [1.807, 2.05) is 0 Å². The molecule has 0 saturated carbocycles. The number of aromatic nitrogens is 1. The molecule has 0 spiro atoms. The van der Waals surface area contributed by atoms with Crippen LogP contribution in [0.1, 0.15) is 16.8 Å². The van der Waals surface area contributed by atoms with Crippen LogP contribution in [0.25, 0.3) is 0 Å². The molecule has 1 N–H and O–H groups in total. The van der Waals surface area contributed by atoms with Crippen LogP contribution in [0.3, 0.4) is 0 Å². The van der Waals surface area contributed by atoms with Gasteiger partial charge in [0.2, 0.25) is 0 Å². The zero-order chi connectivity index (χ0) is 10.6. The Kier molecular flexibility index (Phi) is 3.23. The van der Waals surface area contributed by atoms with Crippen LogP contribution in [0.4, 0.5) is 0 Å². The number of nitrogens with zero attached hydrogens (tertiary/aromatic N) is 1. The maximum Gasteiger partial charge on any atom is 0.337 e. The first-order valence-corrected chi connectivity index (χ1v) is 4.20. The van der Waals surface area contributed by atoms with E-state index in [1.165, 1.54) is 22.9 Å². The predicted octanol–water partition coefficient (Wildman–Crippen LogP) is 1.12. The van der Waals surface area contributed by atoms with Gasteiger partial charge in [0.1, 0.15) is 0 Å². The highest BCUT2D eigenvalue weighted by atomic mass is 16.4. The fraction of sp³-hybridized carbons (Fsp3) is 0.200. The Balaban J connectivity index is 3.02. The quantitative estimate of drug-likeness (QED) is 0.729. The number of carbonyl (C=O) groups is 1. The summed E-state index contributed by atoms with van der Waals surface area (Å²) in [6.07, 6.45) is 3.66. The van der Waals surface area contributed by atoms with Crippen molar-refractivity contribution in [1.82, 2.24) is 4.57 Å². The molecule has 1 aromatic rings. The summed E-state index contributed by atoms with van der Waals surface area (Å²) in [4.78, 5) is 21.8. The van der Waals surface area contributed by atoms with Crippen LogP contribution >= 0.6 is 0 Å². The lowest BCUT2D eigenvalue weighted by Gasteiger charge is -2.03. The molecule has 0 aliphatic carbocycles. The van der Waals surface area contributed by atoms with Gasteiger partial charge < -0.3 is 9.67 Å². The van der Waals surface area contributed by atoms with E-state index in [9.17, 15) is 9.59 Å². The van der Waals surface area contributed by atoms with Gasteiger partial charge in [-0.15, -0.1) is 6.58 Å². The van der Waals surface area contributed by atoms with Crippen molar-refractivity contribution in [2.45, 2.75) is 13.0 Å². The first-order chi connectivity index (χ1) is 6.65. The van der Waals surface area contributed by atoms with Gasteiger partial charge in [0, 0.05) is 18.8 Å². The molecule has 0 aliphatic heterocycles. The highest BCUT2D eigenvalue weighted by Crippen LogP contribution is 1.96. The molecular weight excluding hydrogens is 182 g/mol. The molecule has 0 saturated heterocycles. The van der Waals surface area contributed by atoms with E-state index in [2.05, 4.69) is 6.58 Å². The van der Waals surface area contributed by atoms with Crippen LogP contribution in [0, 0.1) is 0 Å². The Morgan fingerprint density at radius 1 is 1.57 bits per heavy atom. The first kappa shape index (κ1) is 10.2. The summed E-state index contributed by atoms with van der Waals surface area (Å²) < 4.78 is 1.37. The molecule has 4 nitrogen and oxygen atoms in total. The lowest BCUT2D eigenvalue weighted by atomic mass is 10.3. The maximum atomic E-state index is 11.2. The van der Waals surface area contributed by atoms with Crippen molar-refractivity contribution in [2.24, 2.45) is 0 Å². The lowest BCUT2D eigenvalue weighted by molar-refractivity contribution is 0.0696. The van der Waals surface area contributed by atoms with Crippen molar-refractivity contribution >= 4 is 5.97 Å². The number of aromatic carboxylic acids is 1. The van der Waals surface area contributed by atoms with Crippen LogP contribution in [0.2, 0.25) is 0 Å². The Bertz CT molecular complexity index is 406. The topological polar surface area (TPSA) is 59.3 Å². The molecule has 0 unspecified atom stereocenters. The van der Waals surface area contributed by atoms with Gasteiger partial charge in [-0.1, -0.05) is 6.08 Å². The average molecular weight is 193 g/mol. The van der Waals surface area contributed by atoms with Gasteiger partial charge in [-0.25, -0.2) is 4.79 Å². The van der Waals surface area contributed by atoms with Gasteiger partial charge in [0.05, 0.1) is 5.56 Å². The molecule has 4 heteroatoms. The van der Waals surface area contributed by atoms with E-state index in [-0.39, 0.29) is 11.1 Å². The normalized spacial score (nSPS) is 9.71. The van der Waals surface area contributed by atoms with E-state index < -0.39 is 5.97 Å². The van der Waals surface area contributed by atoms with Crippen molar-refractivity contribution in [1.29, 1.82) is 0 Å². The molecule has 74 valence electrons. The van der Waals surface area contributed by atoms with Gasteiger partial charge in [0.15, 0.2) is 0 Å². The van der Waals surface area contributed by atoms with Gasteiger partial charge >= 0.3 is 5.97 Å². The Morgan fingerprint density at radius 3 is 2.86 bits per heavy atom. The van der Waals surface area contributed by atoms with Crippen molar-refractivity contribution < 1.29 is 9.90 Å². The molecule has 1 rings (SSSR count). The van der Waals surface area contributed by atoms with Crippen LogP contribution < -0.4 is 5.56 Å². The number of hydrogen-bond donors (Lipinski definition) is 1. The minimum absolute atomic E-state index is 0.119. The first-order valence-electron chi connectivity index (χ1n) is 4.20. The fourth-order valence-electron chi connectivity index (χ4n) is 1.06. The third-order valence-electron chi connectivity index (χ3n) is 1.80. The molecule has 1 heterocycles. The average Bonchev–Trinajstić information content (AvgIpc) is 2.16. The molecule has 0 aromatic carbocycles. The van der Waals surface area contributed by atoms with E-state index in [1.54, 1.807) is 6.08 Å². The molecule has 0 radical (unpaired) electrons. The SMILES string of the molecule is C=CCCn1cc(C(=O)O)ccc1=O. The molecule has 0 bridgehead atoms. The van der Waals surface area contributed by atoms with Gasteiger partial charge in [0.25, 0.3) is 5.56 Å². The second-order valence-corrected chi connectivity index (χ2v) is 2.83. The number of hydrogen-bond acceptors (Lipinski definition) is 2. The number of pyridine rings is 1. The Hall–Kier alpha value is -1.84. The summed E-state index contributed by atoms with van der Waals surface area (Å²) in [5.41, 5.74) is -0.0782. The molecule has 1 aromatic heterocycles. The van der Waals surface area contributed by atoms with E-state index >= 15 is 0 Å². The highest BCUT2D eigenvalue weighted by Gasteiger charge is 2.03. The summed E-state index contributed by atoms with van der Waals surface area (Å²) in [6.45, 7) is 3.99. The van der Waals surface area contributed by atoms with Crippen molar-refractivity contribution in [2.75, 3.05) is 0 Å². The summed E-state index contributed by atoms with van der Waals surface area (Å²) in [5.74, 6) is -1.03. The number of allylic oxidation sites excluding steroid dienone is 1. The van der Waals surface area contributed by atoms with Gasteiger partial charge in [-0.2, -0.15) is 0 Å². The highest BCUT2D eigenvalue weighted by molar-refractivity contribution is 5.87. The van der Waals surface area contributed by atoms with Crippen molar-refractivity contribution in [3.63, 3.8) is 0 Å². The van der Waals surface area contributed by atoms with Gasteiger partial charge in [-0.3, -0.25) is 4.79 Å². The number of rotatable bonds is 4. The standard InChI is InChI=1S/C10H11NO3/c1-2-3-6-11-7-8(10(13)14)4-5-9(11)12/h2,4-5,7H,1,3,6H2,(H,13,14). The van der Waals surface area contributed by atoms with E-state index in [0.717, 1.165) is 0 Å².